The van der Waals surface area contributed by atoms with Crippen LogP contribution in [0.15, 0.2) is 0 Å². The van der Waals surface area contributed by atoms with Crippen LogP contribution < -0.4 is 5.32 Å². The maximum absolute atomic E-state index is 12.1. The lowest BCUT2D eigenvalue weighted by Crippen LogP contribution is -2.55. The Bertz CT molecular complexity index is 1020. The summed E-state index contributed by atoms with van der Waals surface area (Å²) in [6.45, 7) is 13.6. The van der Waals surface area contributed by atoms with Crippen molar-refractivity contribution in [3.63, 3.8) is 0 Å². The molecule has 6 fully saturated rings. The van der Waals surface area contributed by atoms with Gasteiger partial charge in [-0.1, -0.05) is 0 Å². The molecule has 0 radical (unpaired) electrons. The Morgan fingerprint density at radius 2 is 1.05 bits per heavy atom. The second-order valence-corrected chi connectivity index (χ2v) is 14.2. The van der Waals surface area contributed by atoms with E-state index < -0.39 is 17.7 Å². The fourth-order valence-electron chi connectivity index (χ4n) is 6.29. The second-order valence-electron chi connectivity index (χ2n) is 14.2. The van der Waals surface area contributed by atoms with E-state index in [-0.39, 0.29) is 6.09 Å². The van der Waals surface area contributed by atoms with Crippen molar-refractivity contribution in [2.75, 3.05) is 52.4 Å². The number of ether oxygens (including phenoxy) is 1. The van der Waals surface area contributed by atoms with Crippen LogP contribution in [-0.2, 0) is 19.1 Å². The first-order valence-electron chi connectivity index (χ1n) is 16.2. The minimum absolute atomic E-state index is 0.190. The van der Waals surface area contributed by atoms with Gasteiger partial charge < -0.3 is 29.9 Å². The number of carboxylic acid groups (broad SMARTS) is 1. The zero-order valence-electron chi connectivity index (χ0n) is 26.2. The van der Waals surface area contributed by atoms with Crippen LogP contribution in [0.3, 0.4) is 0 Å². The first-order chi connectivity index (χ1) is 20.6. The molecular weight excluding hydrogens is 581 g/mol. The van der Waals surface area contributed by atoms with E-state index >= 15 is 0 Å². The maximum atomic E-state index is 12.1. The Morgan fingerprint density at radius 3 is 1.34 bits per heavy atom. The molecule has 0 bridgehead atoms. The van der Waals surface area contributed by atoms with Crippen molar-refractivity contribution in [2.45, 2.75) is 83.9 Å². The highest BCUT2D eigenvalue weighted by atomic mass is 19.4. The number of carbonyl (C=O) groups excluding carboxylic acids is 3. The smallest absolute Gasteiger partial charge is 0.475 e. The van der Waals surface area contributed by atoms with E-state index in [9.17, 15) is 27.6 Å². The number of piperidine rings is 2. The summed E-state index contributed by atoms with van der Waals surface area (Å²) in [7, 11) is 0. The van der Waals surface area contributed by atoms with Crippen molar-refractivity contribution in [2.24, 2.45) is 35.5 Å². The zero-order valence-corrected chi connectivity index (χ0v) is 26.2. The summed E-state index contributed by atoms with van der Waals surface area (Å²) in [6.07, 6.45) is 3.85. The van der Waals surface area contributed by atoms with Crippen molar-refractivity contribution in [3.8, 4) is 0 Å². The second kappa shape index (κ2) is 14.2. The number of hydrogen-bond donors (Lipinski definition) is 2. The summed E-state index contributed by atoms with van der Waals surface area (Å²) in [5, 5.41) is 10.5. The van der Waals surface area contributed by atoms with Crippen molar-refractivity contribution < 1.29 is 42.2 Å². The monoisotopic (exact) mass is 630 g/mol. The van der Waals surface area contributed by atoms with Gasteiger partial charge in [0.05, 0.1) is 0 Å². The molecule has 10 nitrogen and oxygen atoms in total. The number of nitrogens with zero attached hydrogens (tertiary/aromatic N) is 3. The van der Waals surface area contributed by atoms with E-state index in [4.69, 9.17) is 14.6 Å². The standard InChI is InChI=1S/C17H28N2O3.C12H20N2O.C2HF3O2/c1-17(2,3)22-16(21)19-10-14(11-19)12-6-8-18(9-7-12)15(20)13-4-5-13;15-12(10-1-2-10)14-5-3-9(4-6-14)11-7-13-8-11;3-2(4,5)1(6)7/h12-14H,4-11H2,1-3H3;9-11,13H,1-8H2;(H,6,7). The maximum Gasteiger partial charge on any atom is 0.490 e. The van der Waals surface area contributed by atoms with Gasteiger partial charge in [-0.05, 0) is 109 Å². The van der Waals surface area contributed by atoms with Crippen LogP contribution in [0.1, 0.15) is 72.1 Å². The first-order valence-corrected chi connectivity index (χ1v) is 16.2. The van der Waals surface area contributed by atoms with Crippen molar-refractivity contribution in [1.82, 2.24) is 20.0 Å². The Morgan fingerprint density at radius 1 is 0.659 bits per heavy atom. The molecule has 6 rings (SSSR count). The molecule has 2 N–H and O–H groups in total. The van der Waals surface area contributed by atoms with Crippen LogP contribution in [-0.4, -0.2) is 108 Å². The predicted molar refractivity (Wildman–Crippen MR) is 155 cm³/mol. The molecule has 0 spiro atoms. The third kappa shape index (κ3) is 9.97. The summed E-state index contributed by atoms with van der Waals surface area (Å²) in [5.41, 5.74) is -0.420. The minimum atomic E-state index is -5.08. The lowest BCUT2D eigenvalue weighted by Gasteiger charge is -2.46. The largest absolute Gasteiger partial charge is 0.490 e. The number of rotatable bonds is 4. The van der Waals surface area contributed by atoms with E-state index in [0.29, 0.717) is 35.5 Å². The molecular formula is C31H49F3N4O6. The van der Waals surface area contributed by atoms with Gasteiger partial charge in [0.2, 0.25) is 11.8 Å². The fraction of sp³-hybridized carbons (Fsp3) is 0.871. The van der Waals surface area contributed by atoms with Gasteiger partial charge in [-0.3, -0.25) is 9.59 Å². The van der Waals surface area contributed by atoms with Gasteiger partial charge in [-0.25, -0.2) is 9.59 Å². The van der Waals surface area contributed by atoms with Gasteiger partial charge in [-0.2, -0.15) is 13.2 Å². The van der Waals surface area contributed by atoms with E-state index in [2.05, 4.69) is 15.1 Å². The normalized spacial score (nSPS) is 23.7. The molecule has 0 atom stereocenters. The van der Waals surface area contributed by atoms with Crippen LogP contribution >= 0.6 is 0 Å². The molecule has 44 heavy (non-hydrogen) atoms. The molecule has 0 unspecified atom stereocenters. The lowest BCUT2D eigenvalue weighted by molar-refractivity contribution is -0.192. The van der Waals surface area contributed by atoms with Gasteiger partial charge in [-0.15, -0.1) is 0 Å². The van der Waals surface area contributed by atoms with Crippen LogP contribution in [0.25, 0.3) is 0 Å². The van der Waals surface area contributed by atoms with E-state index in [1.165, 1.54) is 25.9 Å². The van der Waals surface area contributed by atoms with Gasteiger partial charge in [0.1, 0.15) is 5.60 Å². The van der Waals surface area contributed by atoms with Crippen molar-refractivity contribution >= 4 is 23.9 Å². The topological polar surface area (TPSA) is 119 Å². The Balaban J connectivity index is 0.000000173. The summed E-state index contributed by atoms with van der Waals surface area (Å²) >= 11 is 0. The third-order valence-electron chi connectivity index (χ3n) is 9.51. The number of alkyl halides is 3. The number of amides is 3. The van der Waals surface area contributed by atoms with Crippen LogP contribution in [0.2, 0.25) is 0 Å². The number of aliphatic carboxylic acids is 1. The average Bonchev–Trinajstić information content (AvgIpc) is 3.79. The molecule has 0 aromatic heterocycles. The number of hydrogen-bond acceptors (Lipinski definition) is 6. The van der Waals surface area contributed by atoms with Gasteiger partial charge in [0.15, 0.2) is 0 Å². The fourth-order valence-corrected chi connectivity index (χ4v) is 6.29. The van der Waals surface area contributed by atoms with E-state index in [1.807, 2.05) is 20.8 Å². The molecule has 13 heteroatoms. The minimum Gasteiger partial charge on any atom is -0.475 e. The molecule has 2 aliphatic carbocycles. The summed E-state index contributed by atoms with van der Waals surface area (Å²) < 4.78 is 37.1. The molecule has 0 aromatic rings. The third-order valence-corrected chi connectivity index (χ3v) is 9.51. The van der Waals surface area contributed by atoms with Crippen LogP contribution in [0.4, 0.5) is 18.0 Å². The number of carbonyl (C=O) groups is 4. The first kappa shape index (κ1) is 34.3. The van der Waals surface area contributed by atoms with Crippen LogP contribution in [0, 0.1) is 35.5 Å². The average molecular weight is 631 g/mol. The van der Waals surface area contributed by atoms with Crippen LogP contribution in [0.5, 0.6) is 0 Å². The molecule has 4 saturated heterocycles. The summed E-state index contributed by atoms with van der Waals surface area (Å²) in [4.78, 5) is 50.7. The lowest BCUT2D eigenvalue weighted by atomic mass is 9.80. The highest BCUT2D eigenvalue weighted by molar-refractivity contribution is 5.81. The van der Waals surface area contributed by atoms with E-state index in [1.54, 1.807) is 4.90 Å². The molecule has 3 amide bonds. The highest BCUT2D eigenvalue weighted by Crippen LogP contribution is 2.36. The number of likely N-dealkylation sites (tertiary alicyclic amines) is 3. The number of nitrogens with one attached hydrogen (secondary N) is 1. The van der Waals surface area contributed by atoms with Crippen molar-refractivity contribution in [3.05, 3.63) is 0 Å². The van der Waals surface area contributed by atoms with Gasteiger partial charge in [0.25, 0.3) is 0 Å². The summed E-state index contributed by atoms with van der Waals surface area (Å²) in [6, 6.07) is 0. The molecule has 250 valence electrons. The highest BCUT2D eigenvalue weighted by Gasteiger charge is 2.42. The molecule has 6 aliphatic rings. The van der Waals surface area contributed by atoms with Crippen molar-refractivity contribution in [1.29, 1.82) is 0 Å². The van der Waals surface area contributed by atoms with E-state index in [0.717, 1.165) is 89.6 Å². The Kier molecular flexibility index (Phi) is 11.1. The predicted octanol–water partition coefficient (Wildman–Crippen LogP) is 3.99. The Labute approximate surface area is 258 Å². The SMILES string of the molecule is CC(C)(C)OC(=O)N1CC(C2CCN(C(=O)C3CC3)CC2)C1.O=C(C1CC1)N1CCC(C2CNC2)CC1.O=C(O)C(F)(F)F. The van der Waals surface area contributed by atoms with Gasteiger partial charge in [0, 0.05) is 51.1 Å². The zero-order chi connectivity index (χ0) is 32.2. The molecule has 0 aromatic carbocycles. The Hall–Kier alpha value is -2.57. The van der Waals surface area contributed by atoms with Gasteiger partial charge >= 0.3 is 18.2 Å². The molecule has 4 heterocycles. The number of halogens is 3. The molecule has 4 aliphatic heterocycles. The number of carboxylic acids is 1. The summed E-state index contributed by atoms with van der Waals surface area (Å²) in [5.74, 6) is 1.84. The molecule has 2 saturated carbocycles. The quantitative estimate of drug-likeness (QED) is 0.482.